The van der Waals surface area contributed by atoms with Gasteiger partial charge >= 0.3 is 0 Å². The second-order valence-electron chi connectivity index (χ2n) is 5.78. The molecule has 0 aliphatic rings. The summed E-state index contributed by atoms with van der Waals surface area (Å²) in [5.41, 5.74) is 5.17. The summed E-state index contributed by atoms with van der Waals surface area (Å²) in [6, 6.07) is 11.5. The number of nitrogens with zero attached hydrogens (tertiary/aromatic N) is 3. The van der Waals surface area contributed by atoms with E-state index in [-0.39, 0.29) is 0 Å². The molecule has 1 aromatic carbocycles. The van der Waals surface area contributed by atoms with Crippen molar-refractivity contribution in [1.82, 2.24) is 15.0 Å². The monoisotopic (exact) mass is 354 g/mol. The fraction of sp³-hybridized carbons (Fsp3) is 0.167. The number of nitrogens with one attached hydrogen (secondary N) is 1. The molecule has 0 unspecified atom stereocenters. The number of rotatable bonds is 4. The number of hydrogen-bond donors (Lipinski definition) is 1. The second-order valence-corrected chi connectivity index (χ2v) is 7.53. The zero-order valence-corrected chi connectivity index (χ0v) is 15.0. The Hall–Kier alpha value is -2.80. The summed E-state index contributed by atoms with van der Waals surface area (Å²) in [6.45, 7) is 3.65. The van der Waals surface area contributed by atoms with E-state index in [2.05, 4.69) is 19.7 Å². The number of aromatic nitrogens is 3. The molecule has 6 nitrogen and oxygen atoms in total. The minimum absolute atomic E-state index is 0.447. The lowest BCUT2D eigenvalue weighted by atomic mass is 9.99. The van der Waals surface area contributed by atoms with E-state index in [1.165, 1.54) is 6.33 Å². The number of benzene rings is 1. The number of pyridine rings is 1. The van der Waals surface area contributed by atoms with Gasteiger partial charge < -0.3 is 0 Å². The van der Waals surface area contributed by atoms with Crippen molar-refractivity contribution in [3.8, 4) is 22.4 Å². The number of anilines is 1. The van der Waals surface area contributed by atoms with Crippen LogP contribution in [0.1, 0.15) is 11.4 Å². The molecule has 1 N–H and O–H groups in total. The van der Waals surface area contributed by atoms with Crippen molar-refractivity contribution >= 4 is 15.7 Å². The zero-order chi connectivity index (χ0) is 18.0. The first-order chi connectivity index (χ1) is 11.8. The van der Waals surface area contributed by atoms with Gasteiger partial charge in [0, 0.05) is 28.6 Å². The molecule has 0 amide bonds. The van der Waals surface area contributed by atoms with Crippen molar-refractivity contribution in [2.75, 3.05) is 11.0 Å². The van der Waals surface area contributed by atoms with E-state index >= 15 is 0 Å². The van der Waals surface area contributed by atoms with Crippen molar-refractivity contribution in [3.05, 3.63) is 60.3 Å². The van der Waals surface area contributed by atoms with E-state index in [1.807, 2.05) is 37.3 Å². The molecule has 0 fully saturated rings. The van der Waals surface area contributed by atoms with Crippen molar-refractivity contribution in [3.63, 3.8) is 0 Å². The van der Waals surface area contributed by atoms with Crippen LogP contribution in [0, 0.1) is 13.8 Å². The third kappa shape index (κ3) is 3.83. The van der Waals surface area contributed by atoms with Crippen molar-refractivity contribution in [1.29, 1.82) is 0 Å². The lowest BCUT2D eigenvalue weighted by Gasteiger charge is -2.14. The van der Waals surface area contributed by atoms with Gasteiger partial charge in [-0.3, -0.25) is 9.71 Å². The normalized spacial score (nSPS) is 11.3. The largest absolute Gasteiger partial charge is 0.282 e. The Morgan fingerprint density at radius 3 is 2.32 bits per heavy atom. The standard InChI is InChI=1S/C18H18N4O2S/c1-12-16(22-25(3,23)24)9-15(10-19-12)17-13(2)20-11-21-18(17)14-7-5-4-6-8-14/h4-11,22H,1-3H3. The van der Waals surface area contributed by atoms with Crippen LogP contribution < -0.4 is 4.72 Å². The molecule has 3 aromatic rings. The van der Waals surface area contributed by atoms with Crippen LogP contribution in [0.5, 0.6) is 0 Å². The van der Waals surface area contributed by atoms with Crippen LogP contribution in [0.15, 0.2) is 48.9 Å². The lowest BCUT2D eigenvalue weighted by molar-refractivity contribution is 0.606. The highest BCUT2D eigenvalue weighted by atomic mass is 32.2. The van der Waals surface area contributed by atoms with E-state index in [1.54, 1.807) is 19.2 Å². The maximum atomic E-state index is 11.6. The summed E-state index contributed by atoms with van der Waals surface area (Å²) in [5, 5.41) is 0. The Kier molecular flexibility index (Phi) is 4.50. The SMILES string of the molecule is Cc1ncc(-c2c(C)ncnc2-c2ccccc2)cc1NS(C)(=O)=O. The third-order valence-electron chi connectivity index (χ3n) is 3.75. The molecular formula is C18H18N4O2S. The highest BCUT2D eigenvalue weighted by molar-refractivity contribution is 7.92. The molecule has 7 heteroatoms. The summed E-state index contributed by atoms with van der Waals surface area (Å²) in [5.74, 6) is 0. The Labute approximate surface area is 147 Å². The molecule has 0 radical (unpaired) electrons. The van der Waals surface area contributed by atoms with Gasteiger partial charge in [-0.05, 0) is 19.9 Å². The van der Waals surface area contributed by atoms with Crippen LogP contribution in [-0.4, -0.2) is 29.6 Å². The van der Waals surface area contributed by atoms with Crippen LogP contribution in [0.4, 0.5) is 5.69 Å². The van der Waals surface area contributed by atoms with Crippen molar-refractivity contribution < 1.29 is 8.42 Å². The molecule has 0 aliphatic heterocycles. The molecule has 2 aromatic heterocycles. The average molecular weight is 354 g/mol. The van der Waals surface area contributed by atoms with Gasteiger partial charge in [0.05, 0.1) is 23.3 Å². The first kappa shape index (κ1) is 17.0. The van der Waals surface area contributed by atoms with E-state index in [4.69, 9.17) is 0 Å². The maximum Gasteiger partial charge on any atom is 0.229 e. The van der Waals surface area contributed by atoms with Gasteiger partial charge in [-0.2, -0.15) is 0 Å². The Morgan fingerprint density at radius 2 is 1.64 bits per heavy atom. The highest BCUT2D eigenvalue weighted by Crippen LogP contribution is 2.33. The number of aryl methyl sites for hydroxylation is 2. The molecule has 0 saturated heterocycles. The Bertz CT molecular complexity index is 1020. The van der Waals surface area contributed by atoms with Crippen LogP contribution in [0.2, 0.25) is 0 Å². The molecule has 3 rings (SSSR count). The summed E-state index contributed by atoms with van der Waals surface area (Å²) in [4.78, 5) is 13.1. The zero-order valence-electron chi connectivity index (χ0n) is 14.2. The smallest absolute Gasteiger partial charge is 0.229 e. The van der Waals surface area contributed by atoms with Gasteiger partial charge in [-0.1, -0.05) is 30.3 Å². The van der Waals surface area contributed by atoms with E-state index in [0.717, 1.165) is 34.3 Å². The second kappa shape index (κ2) is 6.60. The van der Waals surface area contributed by atoms with Gasteiger partial charge in [-0.25, -0.2) is 18.4 Å². The minimum Gasteiger partial charge on any atom is -0.282 e. The van der Waals surface area contributed by atoms with Crippen LogP contribution in [0.25, 0.3) is 22.4 Å². The minimum atomic E-state index is -3.39. The summed E-state index contributed by atoms with van der Waals surface area (Å²) in [7, 11) is -3.39. The quantitative estimate of drug-likeness (QED) is 0.778. The van der Waals surface area contributed by atoms with Gasteiger partial charge in [0.15, 0.2) is 0 Å². The van der Waals surface area contributed by atoms with Crippen molar-refractivity contribution in [2.45, 2.75) is 13.8 Å². The molecule has 25 heavy (non-hydrogen) atoms. The fourth-order valence-electron chi connectivity index (χ4n) is 2.61. The van der Waals surface area contributed by atoms with E-state index in [0.29, 0.717) is 11.4 Å². The Morgan fingerprint density at radius 1 is 0.920 bits per heavy atom. The summed E-state index contributed by atoms with van der Waals surface area (Å²) < 4.78 is 25.7. The van der Waals surface area contributed by atoms with Crippen LogP contribution in [0.3, 0.4) is 0 Å². The third-order valence-corrected chi connectivity index (χ3v) is 4.35. The molecule has 2 heterocycles. The molecule has 128 valence electrons. The maximum absolute atomic E-state index is 11.6. The summed E-state index contributed by atoms with van der Waals surface area (Å²) >= 11 is 0. The molecular weight excluding hydrogens is 336 g/mol. The predicted molar refractivity (Wildman–Crippen MR) is 98.6 cm³/mol. The number of sulfonamides is 1. The molecule has 0 aliphatic carbocycles. The predicted octanol–water partition coefficient (Wildman–Crippen LogP) is 3.19. The Balaban J connectivity index is 2.19. The topological polar surface area (TPSA) is 84.8 Å². The van der Waals surface area contributed by atoms with Gasteiger partial charge in [0.1, 0.15) is 6.33 Å². The first-order valence-corrected chi connectivity index (χ1v) is 9.56. The average Bonchev–Trinajstić information content (AvgIpc) is 2.56. The van der Waals surface area contributed by atoms with Crippen LogP contribution in [-0.2, 0) is 10.0 Å². The lowest BCUT2D eigenvalue weighted by Crippen LogP contribution is -2.11. The molecule has 0 saturated carbocycles. The van der Waals surface area contributed by atoms with Crippen molar-refractivity contribution in [2.24, 2.45) is 0 Å². The van der Waals surface area contributed by atoms with Gasteiger partial charge in [-0.15, -0.1) is 0 Å². The highest BCUT2D eigenvalue weighted by Gasteiger charge is 2.15. The molecule has 0 bridgehead atoms. The van der Waals surface area contributed by atoms with Gasteiger partial charge in [0.2, 0.25) is 10.0 Å². The summed E-state index contributed by atoms with van der Waals surface area (Å²) in [6.07, 6.45) is 4.35. The van der Waals surface area contributed by atoms with Crippen LogP contribution >= 0.6 is 0 Å². The fourth-order valence-corrected chi connectivity index (χ4v) is 3.21. The number of hydrogen-bond acceptors (Lipinski definition) is 5. The van der Waals surface area contributed by atoms with E-state index in [9.17, 15) is 8.42 Å². The molecule has 0 atom stereocenters. The molecule has 0 spiro atoms. The van der Waals surface area contributed by atoms with Gasteiger partial charge in [0.25, 0.3) is 0 Å². The van der Waals surface area contributed by atoms with E-state index < -0.39 is 10.0 Å². The first-order valence-electron chi connectivity index (χ1n) is 7.67.